The predicted octanol–water partition coefficient (Wildman–Crippen LogP) is 4.00. The summed E-state index contributed by atoms with van der Waals surface area (Å²) in [4.78, 5) is 25.0. The SMILES string of the molecule is O=C(OC(OCCC(F)(F)S(=O)(=O)O)(C(=O)OCc1ccccc1)C(F)(F)F)C1CCCCC1. The van der Waals surface area contributed by atoms with Crippen molar-refractivity contribution in [3.05, 3.63) is 35.9 Å². The van der Waals surface area contributed by atoms with Crippen LogP contribution in [0.3, 0.4) is 0 Å². The molecule has 1 aliphatic carbocycles. The summed E-state index contributed by atoms with van der Waals surface area (Å²) in [5.41, 5.74) is 0.267. The maximum Gasteiger partial charge on any atom is 0.468 e. The van der Waals surface area contributed by atoms with Crippen LogP contribution >= 0.6 is 0 Å². The minimum absolute atomic E-state index is 0.187. The summed E-state index contributed by atoms with van der Waals surface area (Å²) in [5.74, 6) is -9.08. The first-order valence-corrected chi connectivity index (χ1v) is 11.6. The van der Waals surface area contributed by atoms with Crippen molar-refractivity contribution in [2.45, 2.75) is 62.3 Å². The van der Waals surface area contributed by atoms with Crippen LogP contribution in [0, 0.1) is 5.92 Å². The van der Waals surface area contributed by atoms with Crippen LogP contribution in [0.5, 0.6) is 0 Å². The van der Waals surface area contributed by atoms with Crippen LogP contribution in [0.15, 0.2) is 30.3 Å². The zero-order valence-electron chi connectivity index (χ0n) is 17.7. The van der Waals surface area contributed by atoms with Crippen molar-refractivity contribution in [1.29, 1.82) is 0 Å². The van der Waals surface area contributed by atoms with Gasteiger partial charge in [-0.3, -0.25) is 9.35 Å². The van der Waals surface area contributed by atoms with Gasteiger partial charge in [-0.1, -0.05) is 49.6 Å². The molecule has 0 aliphatic heterocycles. The van der Waals surface area contributed by atoms with Crippen molar-refractivity contribution in [1.82, 2.24) is 0 Å². The molecule has 0 spiro atoms. The fourth-order valence-electron chi connectivity index (χ4n) is 3.21. The third-order valence-corrected chi connectivity index (χ3v) is 6.07. The number of halogens is 5. The lowest BCUT2D eigenvalue weighted by Gasteiger charge is -2.34. The van der Waals surface area contributed by atoms with E-state index in [0.717, 1.165) is 6.42 Å². The zero-order chi connectivity index (χ0) is 25.6. The third kappa shape index (κ3) is 6.85. The van der Waals surface area contributed by atoms with Gasteiger partial charge in [-0.05, 0) is 18.4 Å². The lowest BCUT2D eigenvalue weighted by Crippen LogP contribution is -2.59. The van der Waals surface area contributed by atoms with Crippen LogP contribution in [0.1, 0.15) is 44.1 Å². The molecule has 0 radical (unpaired) electrons. The Hall–Kier alpha value is -2.32. The molecule has 0 aromatic heterocycles. The minimum atomic E-state index is -5.98. The summed E-state index contributed by atoms with van der Waals surface area (Å²) in [6, 6.07) is 7.46. The summed E-state index contributed by atoms with van der Waals surface area (Å²) in [5, 5.41) is -4.88. The molecule has 0 heterocycles. The minimum Gasteiger partial charge on any atom is -0.456 e. The fourth-order valence-corrected chi connectivity index (χ4v) is 3.55. The smallest absolute Gasteiger partial charge is 0.456 e. The van der Waals surface area contributed by atoms with Crippen molar-refractivity contribution in [2.24, 2.45) is 5.92 Å². The van der Waals surface area contributed by atoms with Crippen molar-refractivity contribution in [3.8, 4) is 0 Å². The van der Waals surface area contributed by atoms with Gasteiger partial charge in [-0.25, -0.2) is 4.79 Å². The first kappa shape index (κ1) is 27.9. The molecule has 0 saturated heterocycles. The summed E-state index contributed by atoms with van der Waals surface area (Å²) < 4.78 is 113. The van der Waals surface area contributed by atoms with Gasteiger partial charge in [-0.15, -0.1) is 0 Å². The van der Waals surface area contributed by atoms with Crippen LogP contribution < -0.4 is 0 Å². The van der Waals surface area contributed by atoms with Crippen LogP contribution in [-0.4, -0.2) is 48.7 Å². The first-order chi connectivity index (χ1) is 15.7. The Morgan fingerprint density at radius 2 is 1.59 bits per heavy atom. The molecule has 34 heavy (non-hydrogen) atoms. The lowest BCUT2D eigenvalue weighted by molar-refractivity contribution is -0.358. The predicted molar refractivity (Wildman–Crippen MR) is 105 cm³/mol. The van der Waals surface area contributed by atoms with Gasteiger partial charge < -0.3 is 14.2 Å². The highest BCUT2D eigenvalue weighted by Gasteiger charge is 2.68. The Balaban J connectivity index is 2.31. The summed E-state index contributed by atoms with van der Waals surface area (Å²) in [7, 11) is -5.98. The summed E-state index contributed by atoms with van der Waals surface area (Å²) in [6.45, 7) is -2.42. The third-order valence-electron chi connectivity index (χ3n) is 5.11. The highest BCUT2D eigenvalue weighted by atomic mass is 32.2. The van der Waals surface area contributed by atoms with Gasteiger partial charge in [0.25, 0.3) is 0 Å². The molecule has 1 N–H and O–H groups in total. The van der Waals surface area contributed by atoms with E-state index in [2.05, 4.69) is 14.2 Å². The Bertz CT molecular complexity index is 945. The van der Waals surface area contributed by atoms with E-state index in [9.17, 15) is 40.0 Å². The zero-order valence-corrected chi connectivity index (χ0v) is 18.5. The standard InChI is InChI=1S/C20H23F5O8S/c21-18(22,34(28,29)30)11-12-32-19(20(23,24)25,33-16(26)15-9-5-2-6-10-15)17(27)31-13-14-7-3-1-4-8-14/h1,3-4,7-8,15H,2,5-6,9-13H2,(H,28,29,30). The maximum atomic E-state index is 14.1. The van der Waals surface area contributed by atoms with E-state index in [1.165, 1.54) is 24.3 Å². The number of rotatable bonds is 10. The second-order valence-electron chi connectivity index (χ2n) is 7.64. The topological polar surface area (TPSA) is 116 Å². The Labute approximate surface area is 192 Å². The van der Waals surface area contributed by atoms with Gasteiger partial charge in [0, 0.05) is 0 Å². The van der Waals surface area contributed by atoms with Crippen molar-refractivity contribution < 1.29 is 58.7 Å². The Morgan fingerprint density at radius 3 is 2.12 bits per heavy atom. The molecule has 2 rings (SSSR count). The average molecular weight is 518 g/mol. The molecule has 1 aromatic rings. The van der Waals surface area contributed by atoms with Gasteiger partial charge in [0.2, 0.25) is 0 Å². The maximum absolute atomic E-state index is 14.1. The van der Waals surface area contributed by atoms with E-state index < -0.39 is 64.8 Å². The van der Waals surface area contributed by atoms with Crippen molar-refractivity contribution in [3.63, 3.8) is 0 Å². The molecule has 1 aliphatic rings. The van der Waals surface area contributed by atoms with Crippen molar-refractivity contribution in [2.75, 3.05) is 6.61 Å². The Morgan fingerprint density at radius 1 is 1.00 bits per heavy atom. The van der Waals surface area contributed by atoms with Crippen molar-refractivity contribution >= 4 is 22.1 Å². The Kier molecular flexibility index (Phi) is 8.99. The lowest BCUT2D eigenvalue weighted by atomic mass is 9.89. The number of hydrogen-bond acceptors (Lipinski definition) is 7. The van der Waals surface area contributed by atoms with E-state index in [4.69, 9.17) is 4.55 Å². The molecule has 0 bridgehead atoms. The quantitative estimate of drug-likeness (QED) is 0.214. The molecule has 1 fully saturated rings. The van der Waals surface area contributed by atoms with Gasteiger partial charge in [-0.2, -0.15) is 30.4 Å². The number of esters is 2. The molecule has 0 amide bonds. The molecular weight excluding hydrogens is 495 g/mol. The molecule has 1 saturated carbocycles. The second-order valence-corrected chi connectivity index (χ2v) is 9.19. The molecule has 14 heteroatoms. The summed E-state index contributed by atoms with van der Waals surface area (Å²) in [6.07, 6.45) is -5.57. The van der Waals surface area contributed by atoms with Crippen LogP contribution in [0.4, 0.5) is 22.0 Å². The monoisotopic (exact) mass is 518 g/mol. The van der Waals surface area contributed by atoms with E-state index in [1.54, 1.807) is 6.07 Å². The first-order valence-electron chi connectivity index (χ1n) is 10.2. The largest absolute Gasteiger partial charge is 0.468 e. The molecule has 1 aromatic carbocycles. The van der Waals surface area contributed by atoms with E-state index in [-0.39, 0.29) is 18.4 Å². The fraction of sp³-hybridized carbons (Fsp3) is 0.600. The van der Waals surface area contributed by atoms with Gasteiger partial charge in [0.15, 0.2) is 0 Å². The molecule has 1 atom stereocenters. The molecule has 1 unspecified atom stereocenters. The average Bonchev–Trinajstić information content (AvgIpc) is 2.76. The van der Waals surface area contributed by atoms with Gasteiger partial charge in [0.05, 0.1) is 18.9 Å². The molecular formula is C20H23F5O8S. The van der Waals surface area contributed by atoms with Gasteiger partial charge >= 0.3 is 39.3 Å². The number of carbonyl (C=O) groups excluding carboxylic acids is 2. The number of ether oxygens (including phenoxy) is 3. The van der Waals surface area contributed by atoms with E-state index in [1.807, 2.05) is 0 Å². The van der Waals surface area contributed by atoms with Crippen LogP contribution in [0.2, 0.25) is 0 Å². The van der Waals surface area contributed by atoms with Crippen LogP contribution in [-0.2, 0) is 40.5 Å². The highest BCUT2D eigenvalue weighted by molar-refractivity contribution is 7.86. The second kappa shape index (κ2) is 11.0. The van der Waals surface area contributed by atoms with Gasteiger partial charge in [0.1, 0.15) is 6.61 Å². The normalized spacial score (nSPS) is 17.6. The number of hydrogen-bond donors (Lipinski definition) is 1. The summed E-state index contributed by atoms with van der Waals surface area (Å²) >= 11 is 0. The van der Waals surface area contributed by atoms with E-state index >= 15 is 0 Å². The number of alkyl halides is 5. The number of benzene rings is 1. The molecule has 192 valence electrons. The van der Waals surface area contributed by atoms with Crippen LogP contribution in [0.25, 0.3) is 0 Å². The number of carbonyl (C=O) groups is 2. The molecule has 8 nitrogen and oxygen atoms in total. The highest BCUT2D eigenvalue weighted by Crippen LogP contribution is 2.39. The van der Waals surface area contributed by atoms with E-state index in [0.29, 0.717) is 12.8 Å².